The summed E-state index contributed by atoms with van der Waals surface area (Å²) in [5, 5.41) is 4.78. The molecule has 0 aromatic heterocycles. The molecule has 2 aromatic carbocycles. The van der Waals surface area contributed by atoms with E-state index < -0.39 is 17.7 Å². The molecule has 0 radical (unpaired) electrons. The summed E-state index contributed by atoms with van der Waals surface area (Å²) in [5.74, 6) is -0.918. The lowest BCUT2D eigenvalue weighted by atomic mass is 9.63. The standard InChI is InChI=1S/C35H35BrClN3O5/c1-34(2)14-25-32(27(41)16-34)31(20-5-11-24(12-6-20)45-19-30(44)40-29(43)13-22(18-37)38-40)33-26(15-35(3,4)17-28(33)42)39(25)23-9-7-21(36)8-10-23/h5-12,31H,13-19H2,1-4H3. The van der Waals surface area contributed by atoms with E-state index in [0.29, 0.717) is 48.3 Å². The maximum atomic E-state index is 14.1. The van der Waals surface area contributed by atoms with Gasteiger partial charge in [-0.25, -0.2) is 0 Å². The van der Waals surface area contributed by atoms with Crippen molar-refractivity contribution in [2.24, 2.45) is 15.9 Å². The Kier molecular flexibility index (Phi) is 8.14. The Morgan fingerprint density at radius 1 is 0.889 bits per heavy atom. The number of imide groups is 1. The number of alkyl halides is 1. The summed E-state index contributed by atoms with van der Waals surface area (Å²) >= 11 is 9.31. The minimum atomic E-state index is -0.583. The number of allylic oxidation sites excluding steroid dienone is 4. The van der Waals surface area contributed by atoms with E-state index in [9.17, 15) is 19.2 Å². The van der Waals surface area contributed by atoms with Crippen LogP contribution in [0.3, 0.4) is 0 Å². The molecule has 0 unspecified atom stereocenters. The predicted octanol–water partition coefficient (Wildman–Crippen LogP) is 7.07. The quantitative estimate of drug-likeness (QED) is 0.301. The summed E-state index contributed by atoms with van der Waals surface area (Å²) in [5.41, 5.74) is 4.95. The third kappa shape index (κ3) is 6.04. The number of hydrogen-bond donors (Lipinski definition) is 0. The van der Waals surface area contributed by atoms with Gasteiger partial charge in [-0.1, -0.05) is 55.8 Å². The molecule has 6 rings (SSSR count). The van der Waals surface area contributed by atoms with Gasteiger partial charge in [-0.15, -0.1) is 11.6 Å². The highest BCUT2D eigenvalue weighted by Gasteiger charge is 2.49. The molecule has 0 atom stereocenters. The number of anilines is 1. The Balaban J connectivity index is 1.39. The first kappa shape index (κ1) is 31.4. The predicted molar refractivity (Wildman–Crippen MR) is 176 cm³/mol. The van der Waals surface area contributed by atoms with E-state index in [2.05, 4.69) is 53.6 Å². The second kappa shape index (κ2) is 11.7. The van der Waals surface area contributed by atoms with E-state index in [-0.39, 0.29) is 41.3 Å². The van der Waals surface area contributed by atoms with Crippen LogP contribution in [0.1, 0.15) is 71.3 Å². The van der Waals surface area contributed by atoms with Gasteiger partial charge in [0, 0.05) is 51.5 Å². The van der Waals surface area contributed by atoms with Crippen LogP contribution >= 0.6 is 27.5 Å². The highest BCUT2D eigenvalue weighted by molar-refractivity contribution is 9.10. The number of amides is 2. The SMILES string of the molecule is CC1(C)CC(=O)C2=C(C1)N(c1ccc(Br)cc1)C1=C(C(=O)CC(C)(C)C1)C2c1ccc(OCC(=O)N2N=C(CCl)CC2=O)cc1. The summed E-state index contributed by atoms with van der Waals surface area (Å²) in [4.78, 5) is 55.0. The van der Waals surface area contributed by atoms with Crippen LogP contribution < -0.4 is 9.64 Å². The van der Waals surface area contributed by atoms with Gasteiger partial charge in [-0.05, 0) is 65.6 Å². The molecule has 2 heterocycles. The monoisotopic (exact) mass is 691 g/mol. The molecule has 2 aliphatic heterocycles. The number of benzene rings is 2. The lowest BCUT2D eigenvalue weighted by Crippen LogP contribution is -2.44. The molecule has 0 saturated carbocycles. The maximum Gasteiger partial charge on any atom is 0.287 e. The van der Waals surface area contributed by atoms with Crippen molar-refractivity contribution in [2.75, 3.05) is 17.4 Å². The molecule has 4 aliphatic rings. The minimum Gasteiger partial charge on any atom is -0.484 e. The van der Waals surface area contributed by atoms with Gasteiger partial charge in [0.25, 0.3) is 11.8 Å². The molecule has 0 N–H and O–H groups in total. The maximum absolute atomic E-state index is 14.1. The molecule has 8 nitrogen and oxygen atoms in total. The summed E-state index contributed by atoms with van der Waals surface area (Å²) in [6, 6.07) is 15.2. The molecule has 0 bridgehead atoms. The summed E-state index contributed by atoms with van der Waals surface area (Å²) in [6.45, 7) is 8.10. The number of halogens is 2. The van der Waals surface area contributed by atoms with E-state index in [1.54, 1.807) is 12.1 Å². The van der Waals surface area contributed by atoms with Crippen molar-refractivity contribution in [1.29, 1.82) is 0 Å². The zero-order valence-corrected chi connectivity index (χ0v) is 28.1. The Morgan fingerprint density at radius 3 is 1.96 bits per heavy atom. The van der Waals surface area contributed by atoms with E-state index in [4.69, 9.17) is 16.3 Å². The van der Waals surface area contributed by atoms with Crippen LogP contribution in [0.15, 0.2) is 80.6 Å². The van der Waals surface area contributed by atoms with Gasteiger partial charge >= 0.3 is 0 Å². The van der Waals surface area contributed by atoms with E-state index in [0.717, 1.165) is 32.1 Å². The number of hydrazone groups is 1. The van der Waals surface area contributed by atoms with Gasteiger partial charge in [0.2, 0.25) is 0 Å². The molecule has 45 heavy (non-hydrogen) atoms. The third-order valence-corrected chi connectivity index (χ3v) is 9.63. The fourth-order valence-electron chi connectivity index (χ4n) is 6.91. The van der Waals surface area contributed by atoms with E-state index in [1.165, 1.54) is 0 Å². The highest BCUT2D eigenvalue weighted by Crippen LogP contribution is 2.55. The van der Waals surface area contributed by atoms with Crippen LogP contribution in [0.5, 0.6) is 5.75 Å². The molecular formula is C35H35BrClN3O5. The first-order valence-electron chi connectivity index (χ1n) is 15.1. The van der Waals surface area contributed by atoms with Gasteiger partial charge < -0.3 is 9.64 Å². The van der Waals surface area contributed by atoms with Crippen LogP contribution in [0.25, 0.3) is 0 Å². The number of rotatable bonds is 6. The molecule has 234 valence electrons. The number of carbonyl (C=O) groups excluding carboxylic acids is 4. The molecule has 2 amide bonds. The number of hydrogen-bond acceptors (Lipinski definition) is 7. The summed E-state index contributed by atoms with van der Waals surface area (Å²) in [6.07, 6.45) is 2.19. The zero-order valence-electron chi connectivity index (χ0n) is 25.8. The molecule has 0 saturated heterocycles. The van der Waals surface area contributed by atoms with Crippen molar-refractivity contribution in [3.8, 4) is 5.75 Å². The number of carbonyl (C=O) groups is 4. The lowest BCUT2D eigenvalue weighted by Gasteiger charge is -2.49. The van der Waals surface area contributed by atoms with Gasteiger partial charge in [0.15, 0.2) is 18.2 Å². The number of ether oxygens (including phenoxy) is 1. The normalized spacial score (nSPS) is 21.2. The Bertz CT molecular complexity index is 1650. The molecule has 0 spiro atoms. The van der Waals surface area contributed by atoms with Crippen molar-refractivity contribution in [3.05, 3.63) is 81.1 Å². The first-order chi connectivity index (χ1) is 21.3. The second-order valence-corrected chi connectivity index (χ2v) is 15.0. The Morgan fingerprint density at radius 2 is 1.44 bits per heavy atom. The second-order valence-electron chi connectivity index (χ2n) is 13.8. The molecule has 2 aliphatic carbocycles. The van der Waals surface area contributed by atoms with Crippen LogP contribution in [0, 0.1) is 10.8 Å². The van der Waals surface area contributed by atoms with Crippen LogP contribution in [0.2, 0.25) is 0 Å². The van der Waals surface area contributed by atoms with Crippen molar-refractivity contribution in [1.82, 2.24) is 5.01 Å². The number of ketones is 2. The largest absolute Gasteiger partial charge is 0.484 e. The fraction of sp³-hybridized carbons (Fsp3) is 0.400. The smallest absolute Gasteiger partial charge is 0.287 e. The molecule has 2 aromatic rings. The number of Topliss-reactive ketones (excluding diaryl/α,β-unsaturated/α-hetero) is 2. The Labute approximate surface area is 276 Å². The first-order valence-corrected chi connectivity index (χ1v) is 16.4. The average Bonchev–Trinajstić information content (AvgIpc) is 3.35. The van der Waals surface area contributed by atoms with Gasteiger partial charge in [-0.2, -0.15) is 10.1 Å². The van der Waals surface area contributed by atoms with Crippen LogP contribution in [0.4, 0.5) is 5.69 Å². The van der Waals surface area contributed by atoms with Crippen LogP contribution in [-0.2, 0) is 19.2 Å². The average molecular weight is 693 g/mol. The molecule has 0 fully saturated rings. The van der Waals surface area contributed by atoms with Crippen molar-refractivity contribution >= 4 is 62.3 Å². The van der Waals surface area contributed by atoms with Gasteiger partial charge in [0.1, 0.15) is 5.75 Å². The van der Waals surface area contributed by atoms with Crippen molar-refractivity contribution < 1.29 is 23.9 Å². The van der Waals surface area contributed by atoms with Gasteiger partial charge in [-0.3, -0.25) is 19.2 Å². The minimum absolute atomic E-state index is 0.0199. The third-order valence-electron chi connectivity index (χ3n) is 8.79. The van der Waals surface area contributed by atoms with Gasteiger partial charge in [0.05, 0.1) is 18.0 Å². The van der Waals surface area contributed by atoms with Crippen LogP contribution in [-0.4, -0.2) is 46.6 Å². The van der Waals surface area contributed by atoms with E-state index in [1.807, 2.05) is 36.4 Å². The fourth-order valence-corrected chi connectivity index (χ4v) is 7.33. The number of nitrogens with zero attached hydrogens (tertiary/aromatic N) is 3. The molecular weight excluding hydrogens is 658 g/mol. The highest BCUT2D eigenvalue weighted by atomic mass is 79.9. The lowest BCUT2D eigenvalue weighted by molar-refractivity contribution is -0.144. The van der Waals surface area contributed by atoms with Crippen molar-refractivity contribution in [2.45, 2.75) is 65.7 Å². The summed E-state index contributed by atoms with van der Waals surface area (Å²) < 4.78 is 6.67. The van der Waals surface area contributed by atoms with Crippen molar-refractivity contribution in [3.63, 3.8) is 0 Å². The Hall–Kier alpha value is -3.56. The topological polar surface area (TPSA) is 96.3 Å². The summed E-state index contributed by atoms with van der Waals surface area (Å²) in [7, 11) is 0. The molecule has 10 heteroatoms. The van der Waals surface area contributed by atoms with E-state index >= 15 is 0 Å². The zero-order chi connectivity index (χ0) is 32.3.